The second-order valence-corrected chi connectivity index (χ2v) is 4.89. The first-order valence-electron chi connectivity index (χ1n) is 6.04. The van der Waals surface area contributed by atoms with E-state index in [-0.39, 0.29) is 0 Å². The molecule has 1 fully saturated rings. The highest BCUT2D eigenvalue weighted by Gasteiger charge is 2.20. The maximum Gasteiger partial charge on any atom is 0.216 e. The van der Waals surface area contributed by atoms with Gasteiger partial charge in [0.1, 0.15) is 6.10 Å². The van der Waals surface area contributed by atoms with E-state index in [2.05, 4.69) is 11.9 Å². The van der Waals surface area contributed by atoms with E-state index in [1.54, 1.807) is 6.20 Å². The fraction of sp³-hybridized carbons (Fsp3) is 0.615. The van der Waals surface area contributed by atoms with E-state index < -0.39 is 0 Å². The monoisotopic (exact) mass is 220 g/mol. The van der Waals surface area contributed by atoms with Crippen LogP contribution in [0.1, 0.15) is 38.2 Å². The SMILES string of the molecule is Cc1cc(N)cnc1OC1CCC(C)CC1. The number of aromatic nitrogens is 1. The van der Waals surface area contributed by atoms with Gasteiger partial charge in [-0.2, -0.15) is 0 Å². The second kappa shape index (κ2) is 4.73. The summed E-state index contributed by atoms with van der Waals surface area (Å²) in [7, 11) is 0. The summed E-state index contributed by atoms with van der Waals surface area (Å²) < 4.78 is 5.92. The molecule has 0 saturated heterocycles. The molecule has 2 rings (SSSR count). The molecule has 1 aromatic heterocycles. The Kier molecular flexibility index (Phi) is 3.32. The average Bonchev–Trinajstić information content (AvgIpc) is 2.25. The molecule has 0 aliphatic heterocycles. The number of ether oxygens (including phenoxy) is 1. The van der Waals surface area contributed by atoms with Crippen molar-refractivity contribution in [3.05, 3.63) is 17.8 Å². The Hall–Kier alpha value is -1.25. The number of aryl methyl sites for hydroxylation is 1. The van der Waals surface area contributed by atoms with E-state index in [0.717, 1.165) is 30.2 Å². The van der Waals surface area contributed by atoms with Gasteiger partial charge in [0.25, 0.3) is 0 Å². The van der Waals surface area contributed by atoms with Crippen molar-refractivity contribution >= 4 is 5.69 Å². The van der Waals surface area contributed by atoms with Crippen LogP contribution < -0.4 is 10.5 Å². The molecule has 88 valence electrons. The zero-order chi connectivity index (χ0) is 11.5. The van der Waals surface area contributed by atoms with Crippen molar-refractivity contribution in [2.45, 2.75) is 45.6 Å². The number of nitrogens with zero attached hydrogens (tertiary/aromatic N) is 1. The predicted molar refractivity (Wildman–Crippen MR) is 65.4 cm³/mol. The minimum atomic E-state index is 0.339. The number of anilines is 1. The van der Waals surface area contributed by atoms with Crippen molar-refractivity contribution in [2.75, 3.05) is 5.73 Å². The molecule has 0 bridgehead atoms. The molecule has 1 aromatic rings. The van der Waals surface area contributed by atoms with Gasteiger partial charge in [0.15, 0.2) is 0 Å². The second-order valence-electron chi connectivity index (χ2n) is 4.89. The van der Waals surface area contributed by atoms with Gasteiger partial charge in [0, 0.05) is 5.56 Å². The van der Waals surface area contributed by atoms with Crippen LogP contribution in [0.5, 0.6) is 5.88 Å². The number of pyridine rings is 1. The Balaban J connectivity index is 1.98. The molecule has 0 amide bonds. The number of hydrogen-bond acceptors (Lipinski definition) is 3. The minimum absolute atomic E-state index is 0.339. The number of nitrogens with two attached hydrogens (primary N) is 1. The fourth-order valence-electron chi connectivity index (χ4n) is 2.21. The van der Waals surface area contributed by atoms with Crippen LogP contribution in [0.3, 0.4) is 0 Å². The lowest BCUT2D eigenvalue weighted by molar-refractivity contribution is 0.129. The molecule has 0 aromatic carbocycles. The van der Waals surface area contributed by atoms with E-state index in [1.807, 2.05) is 13.0 Å². The van der Waals surface area contributed by atoms with Gasteiger partial charge in [0.05, 0.1) is 11.9 Å². The van der Waals surface area contributed by atoms with Gasteiger partial charge in [-0.3, -0.25) is 0 Å². The molecule has 1 saturated carbocycles. The summed E-state index contributed by atoms with van der Waals surface area (Å²) in [5, 5.41) is 0. The Morgan fingerprint density at radius 2 is 2.00 bits per heavy atom. The molecule has 1 heterocycles. The minimum Gasteiger partial charge on any atom is -0.474 e. The van der Waals surface area contributed by atoms with E-state index in [1.165, 1.54) is 12.8 Å². The third kappa shape index (κ3) is 2.65. The summed E-state index contributed by atoms with van der Waals surface area (Å²) in [6.07, 6.45) is 6.82. The quantitative estimate of drug-likeness (QED) is 0.833. The molecule has 1 aliphatic carbocycles. The zero-order valence-electron chi connectivity index (χ0n) is 10.1. The highest BCUT2D eigenvalue weighted by Crippen LogP contribution is 2.27. The van der Waals surface area contributed by atoms with Crippen molar-refractivity contribution < 1.29 is 4.74 Å². The van der Waals surface area contributed by atoms with Crippen LogP contribution in [-0.2, 0) is 0 Å². The lowest BCUT2D eigenvalue weighted by Crippen LogP contribution is -2.23. The van der Waals surface area contributed by atoms with Crippen LogP contribution >= 0.6 is 0 Å². The highest BCUT2D eigenvalue weighted by molar-refractivity contribution is 5.41. The Bertz CT molecular complexity index is 357. The smallest absolute Gasteiger partial charge is 0.216 e. The molecule has 16 heavy (non-hydrogen) atoms. The van der Waals surface area contributed by atoms with Gasteiger partial charge in [-0.25, -0.2) is 4.98 Å². The van der Waals surface area contributed by atoms with Crippen molar-refractivity contribution in [1.29, 1.82) is 0 Å². The lowest BCUT2D eigenvalue weighted by atomic mass is 9.89. The van der Waals surface area contributed by atoms with Crippen LogP contribution in [0.2, 0.25) is 0 Å². The predicted octanol–water partition coefficient (Wildman–Crippen LogP) is 2.93. The summed E-state index contributed by atoms with van der Waals surface area (Å²) in [6.45, 7) is 4.30. The maximum absolute atomic E-state index is 5.92. The number of hydrogen-bond donors (Lipinski definition) is 1. The topological polar surface area (TPSA) is 48.1 Å². The molecule has 3 nitrogen and oxygen atoms in total. The average molecular weight is 220 g/mol. The molecule has 1 aliphatic rings. The van der Waals surface area contributed by atoms with Crippen molar-refractivity contribution in [1.82, 2.24) is 4.98 Å². The van der Waals surface area contributed by atoms with E-state index in [9.17, 15) is 0 Å². The molecule has 0 atom stereocenters. The summed E-state index contributed by atoms with van der Waals surface area (Å²) in [4.78, 5) is 4.24. The standard InChI is InChI=1S/C13H20N2O/c1-9-3-5-12(6-4-9)16-13-10(2)7-11(14)8-15-13/h7-9,12H,3-6,14H2,1-2H3. The Morgan fingerprint density at radius 1 is 1.31 bits per heavy atom. The zero-order valence-corrected chi connectivity index (χ0v) is 10.1. The molecule has 3 heteroatoms. The van der Waals surface area contributed by atoms with Crippen LogP contribution in [-0.4, -0.2) is 11.1 Å². The van der Waals surface area contributed by atoms with Gasteiger partial charge in [0.2, 0.25) is 5.88 Å². The van der Waals surface area contributed by atoms with Crippen LogP contribution in [0.25, 0.3) is 0 Å². The van der Waals surface area contributed by atoms with Crippen LogP contribution in [0.4, 0.5) is 5.69 Å². The Labute approximate surface area is 97.0 Å². The summed E-state index contributed by atoms with van der Waals surface area (Å²) in [5.41, 5.74) is 7.38. The molecular weight excluding hydrogens is 200 g/mol. The number of nitrogen functional groups attached to an aromatic ring is 1. The fourth-order valence-corrected chi connectivity index (χ4v) is 2.21. The van der Waals surface area contributed by atoms with Crippen LogP contribution in [0, 0.1) is 12.8 Å². The first-order chi connectivity index (χ1) is 7.65. The molecule has 0 radical (unpaired) electrons. The van der Waals surface area contributed by atoms with Gasteiger partial charge in [-0.05, 0) is 44.6 Å². The third-order valence-electron chi connectivity index (χ3n) is 3.29. The van der Waals surface area contributed by atoms with Gasteiger partial charge in [-0.1, -0.05) is 6.92 Å². The first kappa shape index (κ1) is 11.2. The molecule has 2 N–H and O–H groups in total. The number of rotatable bonds is 2. The van der Waals surface area contributed by atoms with Gasteiger partial charge < -0.3 is 10.5 Å². The summed E-state index contributed by atoms with van der Waals surface area (Å²) in [6, 6.07) is 1.91. The molecule has 0 spiro atoms. The highest BCUT2D eigenvalue weighted by atomic mass is 16.5. The van der Waals surface area contributed by atoms with E-state index in [4.69, 9.17) is 10.5 Å². The lowest BCUT2D eigenvalue weighted by Gasteiger charge is -2.26. The van der Waals surface area contributed by atoms with Crippen molar-refractivity contribution in [3.8, 4) is 5.88 Å². The largest absolute Gasteiger partial charge is 0.474 e. The third-order valence-corrected chi connectivity index (χ3v) is 3.29. The van der Waals surface area contributed by atoms with Crippen molar-refractivity contribution in [2.24, 2.45) is 5.92 Å². The molecule has 0 unspecified atom stereocenters. The van der Waals surface area contributed by atoms with Gasteiger partial charge in [-0.15, -0.1) is 0 Å². The van der Waals surface area contributed by atoms with Crippen LogP contribution in [0.15, 0.2) is 12.3 Å². The van der Waals surface area contributed by atoms with Gasteiger partial charge >= 0.3 is 0 Å². The summed E-state index contributed by atoms with van der Waals surface area (Å²) in [5.74, 6) is 1.59. The summed E-state index contributed by atoms with van der Waals surface area (Å²) >= 11 is 0. The van der Waals surface area contributed by atoms with Crippen molar-refractivity contribution in [3.63, 3.8) is 0 Å². The van der Waals surface area contributed by atoms with E-state index in [0.29, 0.717) is 11.8 Å². The first-order valence-corrected chi connectivity index (χ1v) is 6.04. The van der Waals surface area contributed by atoms with E-state index >= 15 is 0 Å². The normalized spacial score (nSPS) is 25.4. The Morgan fingerprint density at radius 3 is 2.62 bits per heavy atom. The molecular formula is C13H20N2O. The maximum atomic E-state index is 5.92.